The van der Waals surface area contributed by atoms with E-state index in [0.29, 0.717) is 34.0 Å². The normalized spacial score (nSPS) is 12.6. The number of nitrogens with two attached hydrogens (primary N) is 1. The average molecular weight is 476 g/mol. The first-order valence-electron chi connectivity index (χ1n) is 10.1. The molecular formula is C21H25N5O4S2. The first-order valence-corrected chi connectivity index (χ1v) is 12.4. The van der Waals surface area contributed by atoms with E-state index in [1.165, 1.54) is 36.0 Å². The number of imidazole rings is 1. The summed E-state index contributed by atoms with van der Waals surface area (Å²) in [6.07, 6.45) is 1.66. The minimum absolute atomic E-state index is 0.159. The molecule has 11 heteroatoms. The van der Waals surface area contributed by atoms with Crippen LogP contribution in [0.5, 0.6) is 0 Å². The third-order valence-electron chi connectivity index (χ3n) is 4.66. The van der Waals surface area contributed by atoms with E-state index in [4.69, 9.17) is 5.73 Å². The number of H-pyrrole nitrogens is 1. The van der Waals surface area contributed by atoms with Gasteiger partial charge in [0.15, 0.2) is 5.16 Å². The Balaban J connectivity index is 1.67. The van der Waals surface area contributed by atoms with Gasteiger partial charge in [-0.3, -0.25) is 9.59 Å². The molecule has 1 heterocycles. The molecule has 9 nitrogen and oxygen atoms in total. The average Bonchev–Trinajstić information content (AvgIpc) is 3.15. The summed E-state index contributed by atoms with van der Waals surface area (Å²) in [6, 6.07) is 11.0. The summed E-state index contributed by atoms with van der Waals surface area (Å²) >= 11 is 1.22. The summed E-state index contributed by atoms with van der Waals surface area (Å²) < 4.78 is 27.4. The number of nitrogens with zero attached hydrogens (tertiary/aromatic N) is 1. The van der Waals surface area contributed by atoms with Gasteiger partial charge in [-0.25, -0.2) is 18.1 Å². The number of aromatic amines is 1. The Morgan fingerprint density at radius 1 is 1.19 bits per heavy atom. The summed E-state index contributed by atoms with van der Waals surface area (Å²) in [4.78, 5) is 31.3. The number of carbonyl (C=O) groups excluding carboxylic acids is 2. The summed E-state index contributed by atoms with van der Waals surface area (Å²) in [5, 5.41) is 2.79. The largest absolute Gasteiger partial charge is 0.366 e. The van der Waals surface area contributed by atoms with E-state index in [2.05, 4.69) is 20.0 Å². The number of amides is 2. The zero-order valence-electron chi connectivity index (χ0n) is 17.7. The lowest BCUT2D eigenvalue weighted by atomic mass is 10.2. The van der Waals surface area contributed by atoms with Crippen molar-refractivity contribution in [3.05, 3.63) is 48.0 Å². The topological polar surface area (TPSA) is 147 Å². The van der Waals surface area contributed by atoms with Crippen LogP contribution < -0.4 is 15.8 Å². The lowest BCUT2D eigenvalue weighted by Gasteiger charge is -2.10. The van der Waals surface area contributed by atoms with Gasteiger partial charge < -0.3 is 16.0 Å². The highest BCUT2D eigenvalue weighted by atomic mass is 32.2. The van der Waals surface area contributed by atoms with E-state index >= 15 is 0 Å². The lowest BCUT2D eigenvalue weighted by Crippen LogP contribution is -2.24. The molecule has 0 bridgehead atoms. The molecule has 0 saturated carbocycles. The Labute approximate surface area is 190 Å². The number of unbranched alkanes of at least 4 members (excludes halogenated alkanes) is 1. The second-order valence-electron chi connectivity index (χ2n) is 7.16. The van der Waals surface area contributed by atoms with Gasteiger partial charge in [0.2, 0.25) is 21.8 Å². The molecule has 0 spiro atoms. The van der Waals surface area contributed by atoms with Crippen LogP contribution in [0, 0.1) is 0 Å². The molecule has 0 aliphatic carbocycles. The molecule has 0 unspecified atom stereocenters. The highest BCUT2D eigenvalue weighted by Gasteiger charge is 2.19. The predicted molar refractivity (Wildman–Crippen MR) is 125 cm³/mol. The van der Waals surface area contributed by atoms with E-state index in [9.17, 15) is 18.0 Å². The fourth-order valence-corrected chi connectivity index (χ4v) is 4.76. The standard InChI is InChI=1S/C21H25N5O4S2/c1-3-4-11-23-32(29,30)16-9-10-17-18(12-16)26-21(25-17)31-13(2)20(28)24-15-7-5-14(6-8-15)19(22)27/h5-10,12-13,23H,3-4,11H2,1-2H3,(H2,22,27)(H,24,28)(H,25,26)/t13-/m0/s1. The number of rotatable bonds is 10. The van der Waals surface area contributed by atoms with E-state index in [1.54, 1.807) is 25.1 Å². The van der Waals surface area contributed by atoms with E-state index in [0.717, 1.165) is 12.8 Å². The van der Waals surface area contributed by atoms with Crippen molar-refractivity contribution in [2.45, 2.75) is 42.0 Å². The quantitative estimate of drug-likeness (QED) is 0.262. The minimum Gasteiger partial charge on any atom is -0.366 e. The third-order valence-corrected chi connectivity index (χ3v) is 7.10. The molecule has 5 N–H and O–H groups in total. The molecule has 0 aliphatic heterocycles. The summed E-state index contributed by atoms with van der Waals surface area (Å²) in [5.41, 5.74) is 7.29. The van der Waals surface area contributed by atoms with Gasteiger partial charge in [-0.05, 0) is 55.8 Å². The number of primary amides is 1. The van der Waals surface area contributed by atoms with Gasteiger partial charge in [-0.2, -0.15) is 0 Å². The van der Waals surface area contributed by atoms with Crippen LogP contribution >= 0.6 is 11.8 Å². The van der Waals surface area contributed by atoms with Crippen LogP contribution in [-0.2, 0) is 14.8 Å². The molecule has 32 heavy (non-hydrogen) atoms. The zero-order chi connectivity index (χ0) is 23.3. The highest BCUT2D eigenvalue weighted by molar-refractivity contribution is 8.00. The Hall–Kier alpha value is -2.89. The van der Waals surface area contributed by atoms with Crippen molar-refractivity contribution >= 4 is 50.3 Å². The van der Waals surface area contributed by atoms with Crippen LogP contribution in [0.15, 0.2) is 52.5 Å². The van der Waals surface area contributed by atoms with Crippen molar-refractivity contribution in [1.29, 1.82) is 0 Å². The number of hydrogen-bond donors (Lipinski definition) is 4. The fraction of sp³-hybridized carbons (Fsp3) is 0.286. The number of carbonyl (C=O) groups is 2. The van der Waals surface area contributed by atoms with Gasteiger partial charge in [0.1, 0.15) is 0 Å². The van der Waals surface area contributed by atoms with Gasteiger partial charge in [-0.1, -0.05) is 25.1 Å². The molecule has 1 atom stereocenters. The second kappa shape index (κ2) is 10.2. The number of fused-ring (bicyclic) bond motifs is 1. The van der Waals surface area contributed by atoms with Crippen LogP contribution in [0.1, 0.15) is 37.0 Å². The van der Waals surface area contributed by atoms with E-state index < -0.39 is 21.2 Å². The molecule has 2 aromatic carbocycles. The zero-order valence-corrected chi connectivity index (χ0v) is 19.3. The molecule has 170 valence electrons. The highest BCUT2D eigenvalue weighted by Crippen LogP contribution is 2.26. The summed E-state index contributed by atoms with van der Waals surface area (Å²) in [7, 11) is -3.59. The Bertz CT molecular complexity index is 1220. The van der Waals surface area contributed by atoms with Gasteiger partial charge in [0.25, 0.3) is 0 Å². The van der Waals surface area contributed by atoms with Gasteiger partial charge in [-0.15, -0.1) is 0 Å². The van der Waals surface area contributed by atoms with Crippen molar-refractivity contribution in [1.82, 2.24) is 14.7 Å². The van der Waals surface area contributed by atoms with E-state index in [1.807, 2.05) is 6.92 Å². The number of benzene rings is 2. The molecule has 2 amide bonds. The Morgan fingerprint density at radius 3 is 2.56 bits per heavy atom. The Morgan fingerprint density at radius 2 is 1.91 bits per heavy atom. The smallest absolute Gasteiger partial charge is 0.248 e. The number of thioether (sulfide) groups is 1. The van der Waals surface area contributed by atoms with Gasteiger partial charge in [0.05, 0.1) is 21.2 Å². The molecule has 3 rings (SSSR count). The number of sulfonamides is 1. The fourth-order valence-electron chi connectivity index (χ4n) is 2.84. The molecule has 0 aliphatic rings. The number of aromatic nitrogens is 2. The van der Waals surface area contributed by atoms with E-state index in [-0.39, 0.29) is 10.8 Å². The van der Waals surface area contributed by atoms with Gasteiger partial charge in [0, 0.05) is 17.8 Å². The molecule has 0 fully saturated rings. The minimum atomic E-state index is -3.59. The molecule has 0 radical (unpaired) electrons. The van der Waals surface area contributed by atoms with Crippen LogP contribution in [0.25, 0.3) is 11.0 Å². The van der Waals surface area contributed by atoms with Crippen molar-refractivity contribution in [3.8, 4) is 0 Å². The monoisotopic (exact) mass is 475 g/mol. The van der Waals surface area contributed by atoms with Gasteiger partial charge >= 0.3 is 0 Å². The maximum absolute atomic E-state index is 12.5. The van der Waals surface area contributed by atoms with Crippen molar-refractivity contribution in [2.75, 3.05) is 11.9 Å². The number of nitrogens with one attached hydrogen (secondary N) is 3. The first-order chi connectivity index (χ1) is 15.2. The number of anilines is 1. The van der Waals surface area contributed by atoms with Crippen molar-refractivity contribution in [2.24, 2.45) is 5.73 Å². The lowest BCUT2D eigenvalue weighted by molar-refractivity contribution is -0.115. The molecule has 1 aromatic heterocycles. The van der Waals surface area contributed by atoms with Crippen molar-refractivity contribution < 1.29 is 18.0 Å². The van der Waals surface area contributed by atoms with Crippen LogP contribution in [0.2, 0.25) is 0 Å². The first kappa shape index (κ1) is 23.8. The van der Waals surface area contributed by atoms with Crippen LogP contribution in [-0.4, -0.2) is 42.0 Å². The summed E-state index contributed by atoms with van der Waals surface area (Å²) in [6.45, 7) is 4.11. The predicted octanol–water partition coefficient (Wildman–Crippen LogP) is 2.86. The third kappa shape index (κ3) is 5.87. The van der Waals surface area contributed by atoms with Crippen LogP contribution in [0.4, 0.5) is 5.69 Å². The molecule has 0 saturated heterocycles. The number of hydrogen-bond acceptors (Lipinski definition) is 6. The molecular weight excluding hydrogens is 450 g/mol. The second-order valence-corrected chi connectivity index (χ2v) is 10.3. The molecule has 3 aromatic rings. The maximum Gasteiger partial charge on any atom is 0.248 e. The SMILES string of the molecule is CCCCNS(=O)(=O)c1ccc2nc(S[C@@H](C)C(=O)Nc3ccc(C(N)=O)cc3)[nH]c2c1. The Kier molecular flexibility index (Phi) is 7.54. The maximum atomic E-state index is 12.5. The van der Waals surface area contributed by atoms with Crippen LogP contribution in [0.3, 0.4) is 0 Å². The van der Waals surface area contributed by atoms with Crippen molar-refractivity contribution in [3.63, 3.8) is 0 Å². The summed E-state index contributed by atoms with van der Waals surface area (Å²) in [5.74, 6) is -0.782.